The van der Waals surface area contributed by atoms with Gasteiger partial charge in [-0.2, -0.15) is 0 Å². The molecule has 0 aliphatic carbocycles. The number of hydrogen-bond acceptors (Lipinski definition) is 2. The molecule has 2 heteroatoms. The molecule has 2 aromatic rings. The van der Waals surface area contributed by atoms with Crippen LogP contribution in [-0.4, -0.2) is 36.2 Å². The Morgan fingerprint density at radius 2 is 1.50 bits per heavy atom. The number of benzene rings is 2. The zero-order valence-corrected chi connectivity index (χ0v) is 13.1. The van der Waals surface area contributed by atoms with E-state index >= 15 is 0 Å². The Morgan fingerprint density at radius 1 is 0.909 bits per heavy atom. The number of likely N-dealkylation sites (tertiary alicyclic amines) is 1. The lowest BCUT2D eigenvalue weighted by Gasteiger charge is -2.44. The maximum absolute atomic E-state index is 9.13. The predicted molar refractivity (Wildman–Crippen MR) is 91.0 cm³/mol. The van der Waals surface area contributed by atoms with E-state index in [0.29, 0.717) is 0 Å². The molecule has 0 amide bonds. The van der Waals surface area contributed by atoms with Crippen LogP contribution in [0.3, 0.4) is 0 Å². The molecule has 1 saturated heterocycles. The van der Waals surface area contributed by atoms with Crippen LogP contribution >= 0.6 is 0 Å². The Morgan fingerprint density at radius 3 is 2.05 bits per heavy atom. The third kappa shape index (κ3) is 3.08. The van der Waals surface area contributed by atoms with Crippen LogP contribution in [0.2, 0.25) is 0 Å². The van der Waals surface area contributed by atoms with Gasteiger partial charge >= 0.3 is 0 Å². The number of piperidine rings is 1. The van der Waals surface area contributed by atoms with Gasteiger partial charge in [-0.25, -0.2) is 0 Å². The maximum Gasteiger partial charge on any atom is 0.0443 e. The molecule has 0 atom stereocenters. The van der Waals surface area contributed by atoms with Gasteiger partial charge in [-0.3, -0.25) is 0 Å². The summed E-state index contributed by atoms with van der Waals surface area (Å²) in [4.78, 5) is 2.51. The summed E-state index contributed by atoms with van der Waals surface area (Å²) in [7, 11) is 0. The first-order valence-corrected chi connectivity index (χ1v) is 8.29. The lowest BCUT2D eigenvalue weighted by Crippen LogP contribution is -2.47. The zero-order valence-electron chi connectivity index (χ0n) is 13.1. The van der Waals surface area contributed by atoms with Gasteiger partial charge < -0.3 is 10.0 Å². The van der Waals surface area contributed by atoms with E-state index in [9.17, 15) is 0 Å². The molecule has 0 radical (unpaired) electrons. The molecule has 1 aliphatic heterocycles. The number of rotatable bonds is 5. The summed E-state index contributed by atoms with van der Waals surface area (Å²) in [5, 5.41) is 9.13. The van der Waals surface area contributed by atoms with E-state index in [-0.39, 0.29) is 12.0 Å². The Kier molecular flexibility index (Phi) is 4.91. The van der Waals surface area contributed by atoms with E-state index in [1.807, 2.05) is 0 Å². The smallest absolute Gasteiger partial charge is 0.0443 e. The normalized spacial score (nSPS) is 18.2. The first kappa shape index (κ1) is 15.3. The van der Waals surface area contributed by atoms with Crippen LogP contribution in [0.1, 0.15) is 30.4 Å². The molecule has 0 bridgehead atoms. The fourth-order valence-corrected chi connectivity index (χ4v) is 3.78. The quantitative estimate of drug-likeness (QED) is 0.913. The highest BCUT2D eigenvalue weighted by molar-refractivity contribution is 5.40. The van der Waals surface area contributed by atoms with E-state index in [4.69, 9.17) is 5.11 Å². The first-order chi connectivity index (χ1) is 10.8. The van der Waals surface area contributed by atoms with E-state index in [2.05, 4.69) is 65.6 Å². The average Bonchev–Trinajstić information content (AvgIpc) is 2.61. The van der Waals surface area contributed by atoms with Gasteiger partial charge in [-0.15, -0.1) is 0 Å². The molecule has 0 saturated carbocycles. The molecule has 1 aliphatic rings. The van der Waals surface area contributed by atoms with Gasteiger partial charge in [0.1, 0.15) is 0 Å². The lowest BCUT2D eigenvalue weighted by molar-refractivity contribution is 0.154. The second-order valence-electron chi connectivity index (χ2n) is 6.27. The van der Waals surface area contributed by atoms with E-state index in [1.54, 1.807) is 0 Å². The van der Waals surface area contributed by atoms with Crippen molar-refractivity contribution >= 4 is 0 Å². The molecule has 1 N–H and O–H groups in total. The molecule has 1 heterocycles. The number of aliphatic hydroxyl groups excluding tert-OH is 1. The van der Waals surface area contributed by atoms with Crippen molar-refractivity contribution in [3.63, 3.8) is 0 Å². The molecule has 3 rings (SSSR count). The van der Waals surface area contributed by atoms with E-state index < -0.39 is 0 Å². The van der Waals surface area contributed by atoms with Crippen LogP contribution in [0.25, 0.3) is 0 Å². The minimum absolute atomic E-state index is 0.0796. The van der Waals surface area contributed by atoms with Crippen molar-refractivity contribution in [3.8, 4) is 0 Å². The standard InChI is InChI=1S/C20H25NO/c22-16-8-15-21-14-7-13-20(17-21,18-9-3-1-4-10-18)19-11-5-2-6-12-19/h1-6,9-12,22H,7-8,13-17H2. The van der Waals surface area contributed by atoms with Gasteiger partial charge in [0.2, 0.25) is 0 Å². The summed E-state index contributed by atoms with van der Waals surface area (Å²) in [6, 6.07) is 21.8. The summed E-state index contributed by atoms with van der Waals surface area (Å²) in [5.41, 5.74) is 2.90. The second-order valence-corrected chi connectivity index (χ2v) is 6.27. The summed E-state index contributed by atoms with van der Waals surface area (Å²) in [6.07, 6.45) is 3.26. The third-order valence-corrected chi connectivity index (χ3v) is 4.86. The largest absolute Gasteiger partial charge is 0.396 e. The van der Waals surface area contributed by atoms with Crippen molar-refractivity contribution in [2.45, 2.75) is 24.7 Å². The number of nitrogens with zero attached hydrogens (tertiary/aromatic N) is 1. The SMILES string of the molecule is OCCCN1CCCC(c2ccccc2)(c2ccccc2)C1. The van der Waals surface area contributed by atoms with Gasteiger partial charge in [-0.05, 0) is 36.9 Å². The average molecular weight is 295 g/mol. The summed E-state index contributed by atoms with van der Waals surface area (Å²) >= 11 is 0. The van der Waals surface area contributed by atoms with E-state index in [1.165, 1.54) is 24.0 Å². The highest BCUT2D eigenvalue weighted by Gasteiger charge is 2.38. The van der Waals surface area contributed by atoms with Gasteiger partial charge in [-0.1, -0.05) is 60.7 Å². The van der Waals surface area contributed by atoms with Crippen molar-refractivity contribution < 1.29 is 5.11 Å². The van der Waals surface area contributed by atoms with Gasteiger partial charge in [0.25, 0.3) is 0 Å². The minimum Gasteiger partial charge on any atom is -0.396 e. The molecule has 0 unspecified atom stereocenters. The topological polar surface area (TPSA) is 23.5 Å². The maximum atomic E-state index is 9.13. The van der Waals surface area contributed by atoms with Crippen LogP contribution < -0.4 is 0 Å². The molecule has 0 spiro atoms. The molecule has 1 fully saturated rings. The van der Waals surface area contributed by atoms with Gasteiger partial charge in [0.05, 0.1) is 0 Å². The van der Waals surface area contributed by atoms with Crippen molar-refractivity contribution in [3.05, 3.63) is 71.8 Å². The van der Waals surface area contributed by atoms with Gasteiger partial charge in [0, 0.05) is 25.1 Å². The fraction of sp³-hybridized carbons (Fsp3) is 0.400. The van der Waals surface area contributed by atoms with Crippen molar-refractivity contribution in [1.82, 2.24) is 4.90 Å². The summed E-state index contributed by atoms with van der Waals surface area (Å²) in [6.45, 7) is 3.44. The molecule has 2 aromatic carbocycles. The summed E-state index contributed by atoms with van der Waals surface area (Å²) < 4.78 is 0. The van der Waals surface area contributed by atoms with Crippen LogP contribution in [-0.2, 0) is 5.41 Å². The molecule has 22 heavy (non-hydrogen) atoms. The highest BCUT2D eigenvalue weighted by atomic mass is 16.3. The van der Waals surface area contributed by atoms with Crippen molar-refractivity contribution in [1.29, 1.82) is 0 Å². The second kappa shape index (κ2) is 7.08. The zero-order chi connectivity index (χ0) is 15.3. The Bertz CT molecular complexity index is 527. The van der Waals surface area contributed by atoms with Crippen LogP contribution in [0.15, 0.2) is 60.7 Å². The predicted octanol–water partition coefficient (Wildman–Crippen LogP) is 3.45. The Hall–Kier alpha value is -1.64. The number of aliphatic hydroxyl groups is 1. The van der Waals surface area contributed by atoms with Gasteiger partial charge in [0.15, 0.2) is 0 Å². The van der Waals surface area contributed by atoms with Crippen LogP contribution in [0.4, 0.5) is 0 Å². The minimum atomic E-state index is 0.0796. The highest BCUT2D eigenvalue weighted by Crippen LogP contribution is 2.40. The molecule has 2 nitrogen and oxygen atoms in total. The van der Waals surface area contributed by atoms with Crippen LogP contribution in [0, 0.1) is 0 Å². The summed E-state index contributed by atoms with van der Waals surface area (Å²) in [5.74, 6) is 0. The Balaban J connectivity index is 1.97. The molecule has 0 aromatic heterocycles. The molecular formula is C20H25NO. The van der Waals surface area contributed by atoms with Crippen LogP contribution in [0.5, 0.6) is 0 Å². The van der Waals surface area contributed by atoms with E-state index in [0.717, 1.165) is 26.1 Å². The van der Waals surface area contributed by atoms with Crippen molar-refractivity contribution in [2.75, 3.05) is 26.2 Å². The fourth-order valence-electron chi connectivity index (χ4n) is 3.78. The third-order valence-electron chi connectivity index (χ3n) is 4.86. The molecule has 116 valence electrons. The lowest BCUT2D eigenvalue weighted by atomic mass is 9.69. The molecular weight excluding hydrogens is 270 g/mol. The van der Waals surface area contributed by atoms with Crippen molar-refractivity contribution in [2.24, 2.45) is 0 Å². The first-order valence-electron chi connectivity index (χ1n) is 8.29. The monoisotopic (exact) mass is 295 g/mol. The Labute approximate surface area is 133 Å². The number of hydrogen-bond donors (Lipinski definition) is 1.